The number of benzene rings is 6. The first-order chi connectivity index (χ1) is 26.1. The van der Waals surface area contributed by atoms with Crippen LogP contribution in [0.3, 0.4) is 0 Å². The molecular formula is C48H35N5. The van der Waals surface area contributed by atoms with Gasteiger partial charge in [0.25, 0.3) is 0 Å². The Balaban J connectivity index is 1.16. The van der Waals surface area contributed by atoms with Gasteiger partial charge in [0.05, 0.1) is 22.5 Å². The molecule has 7 aromatic rings. The molecule has 5 heteroatoms. The second-order valence-corrected chi connectivity index (χ2v) is 12.3. The number of hydrogen-bond donors (Lipinski definition) is 0. The zero-order valence-electron chi connectivity index (χ0n) is 29.2. The minimum Gasteiger partial charge on any atom is -0.311 e. The Hall–Kier alpha value is -7.47. The van der Waals surface area contributed by atoms with Crippen LogP contribution in [-0.4, -0.2) is 4.98 Å². The Morgan fingerprint density at radius 2 is 0.755 bits per heavy atom. The number of anilines is 6. The van der Waals surface area contributed by atoms with Gasteiger partial charge >= 0.3 is 0 Å². The molecule has 0 aliphatic rings. The summed E-state index contributed by atoms with van der Waals surface area (Å²) in [5.41, 5.74) is 10.6. The molecule has 0 spiro atoms. The fraction of sp³-hybridized carbons (Fsp3) is 0.0208. The maximum absolute atomic E-state index is 10.4. The summed E-state index contributed by atoms with van der Waals surface area (Å²) in [5.74, 6) is 0. The molecule has 0 bridgehead atoms. The maximum Gasteiger partial charge on any atom is 0.102 e. The standard InChI is InChI=1S/C48H35N5/c1-36-46(34-49)45(32-26-37-22-28-43(29-23-37)52(39-14-6-2-7-15-39)40-16-8-3-9-17-40)47(35-50)48(51-36)33-27-38-24-30-44(31-25-38)53(41-18-10-4-11-19-41)42-20-12-5-13-21-42/h2-33H,1H3/b32-26+,33-27+. The number of nitriles is 2. The zero-order chi connectivity index (χ0) is 36.4. The van der Waals surface area contributed by atoms with Crippen molar-refractivity contribution in [2.45, 2.75) is 6.92 Å². The molecule has 0 unspecified atom stereocenters. The highest BCUT2D eigenvalue weighted by molar-refractivity contribution is 5.83. The van der Waals surface area contributed by atoms with E-state index in [9.17, 15) is 10.5 Å². The predicted octanol–water partition coefficient (Wildman–Crippen LogP) is 12.4. The third-order valence-electron chi connectivity index (χ3n) is 8.90. The van der Waals surface area contributed by atoms with Crippen molar-refractivity contribution in [3.8, 4) is 12.1 Å². The first kappa shape index (κ1) is 34.0. The van der Waals surface area contributed by atoms with Gasteiger partial charge in [-0.3, -0.25) is 4.98 Å². The van der Waals surface area contributed by atoms with Gasteiger partial charge in [-0.05, 0) is 96.9 Å². The summed E-state index contributed by atoms with van der Waals surface area (Å²) in [6.07, 6.45) is 7.58. The van der Waals surface area contributed by atoms with Crippen molar-refractivity contribution >= 4 is 58.4 Å². The summed E-state index contributed by atoms with van der Waals surface area (Å²) in [7, 11) is 0. The number of hydrogen-bond acceptors (Lipinski definition) is 5. The molecule has 0 fully saturated rings. The molecule has 0 N–H and O–H groups in total. The van der Waals surface area contributed by atoms with Crippen molar-refractivity contribution in [2.75, 3.05) is 9.80 Å². The Bertz CT molecular complexity index is 2360. The average molecular weight is 682 g/mol. The Morgan fingerprint density at radius 3 is 1.11 bits per heavy atom. The number of rotatable bonds is 10. The van der Waals surface area contributed by atoms with Gasteiger partial charge in [-0.15, -0.1) is 0 Å². The van der Waals surface area contributed by atoms with Gasteiger partial charge in [0.1, 0.15) is 12.1 Å². The lowest BCUT2D eigenvalue weighted by Crippen LogP contribution is -2.09. The van der Waals surface area contributed by atoms with Crippen LogP contribution in [0.1, 0.15) is 39.2 Å². The molecule has 53 heavy (non-hydrogen) atoms. The van der Waals surface area contributed by atoms with Crippen molar-refractivity contribution < 1.29 is 0 Å². The minimum atomic E-state index is 0.353. The highest BCUT2D eigenvalue weighted by Gasteiger charge is 2.16. The van der Waals surface area contributed by atoms with Crippen LogP contribution in [0.15, 0.2) is 170 Å². The fourth-order valence-corrected chi connectivity index (χ4v) is 6.32. The molecule has 5 nitrogen and oxygen atoms in total. The number of aryl methyl sites for hydroxylation is 1. The van der Waals surface area contributed by atoms with E-state index in [4.69, 9.17) is 0 Å². The van der Waals surface area contributed by atoms with E-state index >= 15 is 0 Å². The average Bonchev–Trinajstić information content (AvgIpc) is 3.22. The predicted molar refractivity (Wildman–Crippen MR) is 219 cm³/mol. The molecule has 0 saturated carbocycles. The molecule has 1 aromatic heterocycles. The van der Waals surface area contributed by atoms with Gasteiger partial charge in [0.2, 0.25) is 0 Å². The maximum atomic E-state index is 10.4. The normalized spacial score (nSPS) is 10.9. The summed E-state index contributed by atoms with van der Waals surface area (Å²) in [6.45, 7) is 1.81. The van der Waals surface area contributed by atoms with Gasteiger partial charge in [0, 0.05) is 39.7 Å². The zero-order valence-corrected chi connectivity index (χ0v) is 29.2. The third kappa shape index (κ3) is 7.66. The molecular weight excluding hydrogens is 647 g/mol. The highest BCUT2D eigenvalue weighted by atomic mass is 15.1. The fourth-order valence-electron chi connectivity index (χ4n) is 6.32. The summed E-state index contributed by atoms with van der Waals surface area (Å²) in [6, 6.07) is 62.2. The van der Waals surface area contributed by atoms with E-state index < -0.39 is 0 Å². The molecule has 252 valence electrons. The van der Waals surface area contributed by atoms with Crippen molar-refractivity contribution in [1.29, 1.82) is 10.5 Å². The second kappa shape index (κ2) is 16.0. The number of para-hydroxylation sites is 4. The monoisotopic (exact) mass is 681 g/mol. The molecule has 7 rings (SSSR count). The number of aromatic nitrogens is 1. The van der Waals surface area contributed by atoms with Crippen molar-refractivity contribution in [3.63, 3.8) is 0 Å². The van der Waals surface area contributed by atoms with E-state index in [1.165, 1.54) is 0 Å². The van der Waals surface area contributed by atoms with E-state index in [-0.39, 0.29) is 0 Å². The van der Waals surface area contributed by atoms with Crippen LogP contribution >= 0.6 is 0 Å². The van der Waals surface area contributed by atoms with Crippen molar-refractivity contribution in [1.82, 2.24) is 4.98 Å². The molecule has 0 saturated heterocycles. The summed E-state index contributed by atoms with van der Waals surface area (Å²) in [5, 5.41) is 20.5. The summed E-state index contributed by atoms with van der Waals surface area (Å²) < 4.78 is 0. The van der Waals surface area contributed by atoms with Crippen molar-refractivity contribution in [2.24, 2.45) is 0 Å². The Morgan fingerprint density at radius 1 is 0.415 bits per heavy atom. The second-order valence-electron chi connectivity index (χ2n) is 12.3. The van der Waals surface area contributed by atoms with E-state index in [0.29, 0.717) is 28.1 Å². The molecule has 0 amide bonds. The van der Waals surface area contributed by atoms with E-state index in [2.05, 4.69) is 112 Å². The lowest BCUT2D eigenvalue weighted by molar-refractivity contribution is 1.14. The van der Waals surface area contributed by atoms with Gasteiger partial charge in [-0.25, -0.2) is 0 Å². The first-order valence-electron chi connectivity index (χ1n) is 17.3. The quantitative estimate of drug-likeness (QED) is 0.144. The minimum absolute atomic E-state index is 0.353. The molecule has 0 aliphatic carbocycles. The van der Waals surface area contributed by atoms with Crippen LogP contribution in [0.25, 0.3) is 24.3 Å². The SMILES string of the molecule is Cc1nc(/C=C/c2ccc(N(c3ccccc3)c3ccccc3)cc2)c(C#N)c(/C=C/c2ccc(N(c3ccccc3)c3ccccc3)cc2)c1C#N. The third-order valence-corrected chi connectivity index (χ3v) is 8.90. The molecule has 6 aromatic carbocycles. The van der Waals surface area contributed by atoms with Crippen LogP contribution in [0, 0.1) is 29.6 Å². The molecule has 0 aliphatic heterocycles. The van der Waals surface area contributed by atoms with Gasteiger partial charge in [-0.1, -0.05) is 115 Å². The van der Waals surface area contributed by atoms with Gasteiger partial charge in [-0.2, -0.15) is 10.5 Å². The highest BCUT2D eigenvalue weighted by Crippen LogP contribution is 2.36. The Kier molecular flexibility index (Phi) is 10.3. The van der Waals surface area contributed by atoms with Crippen LogP contribution in [0.4, 0.5) is 34.1 Å². The van der Waals surface area contributed by atoms with Gasteiger partial charge in [0.15, 0.2) is 0 Å². The molecule has 0 radical (unpaired) electrons. The van der Waals surface area contributed by atoms with Crippen LogP contribution in [0.2, 0.25) is 0 Å². The van der Waals surface area contributed by atoms with E-state index in [1.54, 1.807) is 0 Å². The van der Waals surface area contributed by atoms with E-state index in [1.807, 2.05) is 116 Å². The topological polar surface area (TPSA) is 67.0 Å². The Labute approximate surface area is 310 Å². The van der Waals surface area contributed by atoms with E-state index in [0.717, 1.165) is 45.3 Å². The number of pyridine rings is 1. The number of nitrogens with zero attached hydrogens (tertiary/aromatic N) is 5. The first-order valence-corrected chi connectivity index (χ1v) is 17.3. The molecule has 1 heterocycles. The van der Waals surface area contributed by atoms with Crippen LogP contribution in [0.5, 0.6) is 0 Å². The molecule has 0 atom stereocenters. The van der Waals surface area contributed by atoms with Crippen molar-refractivity contribution in [3.05, 3.63) is 209 Å². The smallest absolute Gasteiger partial charge is 0.102 e. The lowest BCUT2D eigenvalue weighted by atomic mass is 9.98. The summed E-state index contributed by atoms with van der Waals surface area (Å²) in [4.78, 5) is 9.09. The van der Waals surface area contributed by atoms with Gasteiger partial charge < -0.3 is 9.80 Å². The summed E-state index contributed by atoms with van der Waals surface area (Å²) >= 11 is 0. The lowest BCUT2D eigenvalue weighted by Gasteiger charge is -2.25. The van der Waals surface area contributed by atoms with Crippen LogP contribution in [-0.2, 0) is 0 Å². The largest absolute Gasteiger partial charge is 0.311 e. The van der Waals surface area contributed by atoms with Crippen LogP contribution < -0.4 is 9.80 Å².